The molecule has 0 rings (SSSR count). The normalized spacial score (nSPS) is 6.50. The third kappa shape index (κ3) is 8.82. The zero-order valence-electron chi connectivity index (χ0n) is 3.84. The van der Waals surface area contributed by atoms with E-state index in [4.69, 9.17) is 5.41 Å². The van der Waals surface area contributed by atoms with Gasteiger partial charge in [0.05, 0.1) is 0 Å². The SMILES string of the molecule is N=C(N)N[N+](=O)[O-].O. The van der Waals surface area contributed by atoms with Crippen molar-refractivity contribution in [2.75, 3.05) is 0 Å². The highest BCUT2D eigenvalue weighted by Gasteiger charge is 1.91. The van der Waals surface area contributed by atoms with Crippen molar-refractivity contribution in [3.63, 3.8) is 0 Å². The Morgan fingerprint density at radius 2 is 2.25 bits per heavy atom. The van der Waals surface area contributed by atoms with E-state index in [0.717, 1.165) is 0 Å². The van der Waals surface area contributed by atoms with E-state index < -0.39 is 11.0 Å². The third-order valence-corrected chi connectivity index (χ3v) is 0.212. The summed E-state index contributed by atoms with van der Waals surface area (Å²) in [4.78, 5) is 9.28. The van der Waals surface area contributed by atoms with E-state index in [0.29, 0.717) is 0 Å². The molecule has 0 aromatic heterocycles. The molecular weight excluding hydrogens is 116 g/mol. The van der Waals surface area contributed by atoms with Crippen molar-refractivity contribution in [2.45, 2.75) is 0 Å². The molecule has 7 nitrogen and oxygen atoms in total. The summed E-state index contributed by atoms with van der Waals surface area (Å²) in [5, 5.41) is 14.6. The van der Waals surface area contributed by atoms with Gasteiger partial charge in [-0.05, 0) is 0 Å². The van der Waals surface area contributed by atoms with Crippen LogP contribution >= 0.6 is 0 Å². The molecule has 0 aliphatic rings. The molecule has 48 valence electrons. The molecule has 0 aromatic carbocycles. The second kappa shape index (κ2) is 3.81. The monoisotopic (exact) mass is 122 g/mol. The van der Waals surface area contributed by atoms with Gasteiger partial charge in [0.25, 0.3) is 0 Å². The van der Waals surface area contributed by atoms with Crippen molar-refractivity contribution in [1.29, 1.82) is 5.41 Å². The Morgan fingerprint density at radius 3 is 2.25 bits per heavy atom. The van der Waals surface area contributed by atoms with Gasteiger partial charge in [0, 0.05) is 0 Å². The van der Waals surface area contributed by atoms with E-state index in [-0.39, 0.29) is 5.48 Å². The summed E-state index contributed by atoms with van der Waals surface area (Å²) in [5.41, 5.74) is 5.91. The van der Waals surface area contributed by atoms with Gasteiger partial charge < -0.3 is 11.2 Å². The van der Waals surface area contributed by atoms with Crippen LogP contribution in [0, 0.1) is 15.5 Å². The van der Waals surface area contributed by atoms with Crippen LogP contribution in [-0.4, -0.2) is 16.5 Å². The van der Waals surface area contributed by atoms with Gasteiger partial charge in [-0.2, -0.15) is 0 Å². The van der Waals surface area contributed by atoms with Gasteiger partial charge in [0.2, 0.25) is 5.96 Å². The van der Waals surface area contributed by atoms with E-state index in [9.17, 15) is 10.1 Å². The molecule has 7 heteroatoms. The largest absolute Gasteiger partial charge is 0.412 e. The maximum Gasteiger partial charge on any atom is 0.248 e. The van der Waals surface area contributed by atoms with Gasteiger partial charge >= 0.3 is 0 Å². The second-order valence-electron chi connectivity index (χ2n) is 0.783. The van der Waals surface area contributed by atoms with Crippen LogP contribution in [0.3, 0.4) is 0 Å². The van der Waals surface area contributed by atoms with Crippen LogP contribution in [0.1, 0.15) is 0 Å². The molecule has 0 heterocycles. The van der Waals surface area contributed by atoms with Crippen molar-refractivity contribution in [3.05, 3.63) is 10.1 Å². The number of nitrogens with one attached hydrogen (secondary N) is 2. The van der Waals surface area contributed by atoms with Gasteiger partial charge in [-0.3, -0.25) is 5.41 Å². The summed E-state index contributed by atoms with van der Waals surface area (Å²) in [6.07, 6.45) is 0. The first-order valence-electron chi connectivity index (χ1n) is 1.38. The van der Waals surface area contributed by atoms with Crippen LogP contribution in [0.2, 0.25) is 0 Å². The Hall–Kier alpha value is -1.37. The number of nitrogens with zero attached hydrogens (tertiary/aromatic N) is 1. The molecule has 8 heavy (non-hydrogen) atoms. The molecule has 6 N–H and O–H groups in total. The number of nitrogens with two attached hydrogens (primary N) is 1. The highest BCUT2D eigenvalue weighted by molar-refractivity contribution is 5.72. The quantitative estimate of drug-likeness (QED) is 0.158. The summed E-state index contributed by atoms with van der Waals surface area (Å²) >= 11 is 0. The Bertz CT molecular complexity index is 87.5. The van der Waals surface area contributed by atoms with Crippen molar-refractivity contribution >= 4 is 5.96 Å². The molecule has 0 unspecified atom stereocenters. The standard InChI is InChI=1S/CH4N4O2.H2O/c2-1(3)4-5(6)7;/h(H4,2,3,4);1H2. The van der Waals surface area contributed by atoms with Crippen molar-refractivity contribution in [3.8, 4) is 0 Å². The average Bonchev–Trinajstić information content (AvgIpc) is 1.27. The number of hydrogen-bond donors (Lipinski definition) is 3. The molecule has 0 aliphatic heterocycles. The predicted octanol–water partition coefficient (Wildman–Crippen LogP) is -2.16. The van der Waals surface area contributed by atoms with Crippen molar-refractivity contribution in [2.24, 2.45) is 5.73 Å². The number of hydrazine groups is 1. The second-order valence-corrected chi connectivity index (χ2v) is 0.783. The summed E-state index contributed by atoms with van der Waals surface area (Å²) in [5.74, 6) is -0.662. The number of guanidine groups is 1. The first kappa shape index (κ1) is 9.80. The fourth-order valence-electron chi connectivity index (χ4n) is 0.0983. The fraction of sp³-hybridized carbons (Fsp3) is 0. The van der Waals surface area contributed by atoms with E-state index in [1.54, 1.807) is 0 Å². The van der Waals surface area contributed by atoms with E-state index in [1.807, 2.05) is 0 Å². The Labute approximate surface area is 44.4 Å². The molecule has 0 aliphatic carbocycles. The maximum absolute atomic E-state index is 9.28. The Kier molecular flexibility index (Phi) is 4.67. The first-order valence-corrected chi connectivity index (χ1v) is 1.38. The topological polar surface area (TPSA) is 137 Å². The molecule has 0 radical (unpaired) electrons. The lowest BCUT2D eigenvalue weighted by Crippen LogP contribution is -2.34. The minimum atomic E-state index is -0.900. The van der Waals surface area contributed by atoms with Gasteiger partial charge in [-0.25, -0.2) is 10.1 Å². The number of rotatable bonds is 1. The number of hydrogen-bond acceptors (Lipinski definition) is 3. The number of nitro groups is 1. The van der Waals surface area contributed by atoms with Gasteiger partial charge in [-0.1, -0.05) is 5.43 Å². The van der Waals surface area contributed by atoms with E-state index in [1.165, 1.54) is 5.43 Å². The Morgan fingerprint density at radius 1 is 1.88 bits per heavy atom. The lowest BCUT2D eigenvalue weighted by atomic mass is 11.1. The summed E-state index contributed by atoms with van der Waals surface area (Å²) in [6.45, 7) is 0. The average molecular weight is 122 g/mol. The van der Waals surface area contributed by atoms with Gasteiger partial charge in [0.15, 0.2) is 5.03 Å². The highest BCUT2D eigenvalue weighted by atomic mass is 16.7. The maximum atomic E-state index is 9.28. The summed E-state index contributed by atoms with van der Waals surface area (Å²) < 4.78 is 0. The fourth-order valence-corrected chi connectivity index (χ4v) is 0.0983. The van der Waals surface area contributed by atoms with Crippen LogP contribution in [0.4, 0.5) is 0 Å². The van der Waals surface area contributed by atoms with Crippen molar-refractivity contribution < 1.29 is 10.5 Å². The van der Waals surface area contributed by atoms with Crippen LogP contribution in [0.15, 0.2) is 0 Å². The highest BCUT2D eigenvalue weighted by Crippen LogP contribution is 1.50. The van der Waals surface area contributed by atoms with Crippen molar-refractivity contribution in [1.82, 2.24) is 5.43 Å². The van der Waals surface area contributed by atoms with Gasteiger partial charge in [0.1, 0.15) is 0 Å². The van der Waals surface area contributed by atoms with Crippen LogP contribution < -0.4 is 11.2 Å². The van der Waals surface area contributed by atoms with Gasteiger partial charge in [-0.15, -0.1) is 0 Å². The lowest BCUT2D eigenvalue weighted by Gasteiger charge is -1.86. The van der Waals surface area contributed by atoms with Crippen LogP contribution in [0.5, 0.6) is 0 Å². The van der Waals surface area contributed by atoms with E-state index in [2.05, 4.69) is 5.73 Å². The molecule has 0 amide bonds. The molecule has 0 atom stereocenters. The molecule has 0 bridgehead atoms. The predicted molar refractivity (Wildman–Crippen MR) is 25.7 cm³/mol. The summed E-state index contributed by atoms with van der Waals surface area (Å²) in [7, 11) is 0. The Balaban J connectivity index is 0. The van der Waals surface area contributed by atoms with E-state index >= 15 is 0 Å². The minimum Gasteiger partial charge on any atom is -0.412 e. The zero-order valence-corrected chi connectivity index (χ0v) is 3.84. The summed E-state index contributed by atoms with van der Waals surface area (Å²) in [6, 6.07) is 0. The smallest absolute Gasteiger partial charge is 0.248 e. The molecule has 0 fully saturated rings. The zero-order chi connectivity index (χ0) is 5.86. The molecular formula is CH6N4O3. The molecule has 0 spiro atoms. The molecule has 0 saturated heterocycles. The lowest BCUT2D eigenvalue weighted by molar-refractivity contribution is -0.525. The van der Waals surface area contributed by atoms with Crippen LogP contribution in [0.25, 0.3) is 0 Å². The first-order chi connectivity index (χ1) is 3.13. The molecule has 0 saturated carbocycles. The molecule has 0 aromatic rings. The minimum absolute atomic E-state index is 0. The van der Waals surface area contributed by atoms with Crippen LogP contribution in [-0.2, 0) is 0 Å². The third-order valence-electron chi connectivity index (χ3n) is 0.212.